The third-order valence-electron chi connectivity index (χ3n) is 7.60. The van der Waals surface area contributed by atoms with E-state index in [1.54, 1.807) is 29.7 Å². The number of anilines is 1. The largest absolute Gasteiger partial charge is 0.493 e. The van der Waals surface area contributed by atoms with Gasteiger partial charge in [-0.25, -0.2) is 9.86 Å². The summed E-state index contributed by atoms with van der Waals surface area (Å²) in [6, 6.07) is 7.61. The van der Waals surface area contributed by atoms with Crippen molar-refractivity contribution in [2.24, 2.45) is 18.1 Å². The van der Waals surface area contributed by atoms with Crippen molar-refractivity contribution >= 4 is 15.9 Å². The summed E-state index contributed by atoms with van der Waals surface area (Å²) < 4.78 is 40.6. The van der Waals surface area contributed by atoms with Crippen molar-refractivity contribution in [3.63, 3.8) is 0 Å². The second-order valence-electron chi connectivity index (χ2n) is 11.0. The molecule has 1 fully saturated rings. The molecule has 4 N–H and O–H groups in total. The van der Waals surface area contributed by atoms with E-state index in [9.17, 15) is 13.2 Å². The number of hydrogen-bond donors (Lipinski definition) is 3. The number of rotatable bonds is 11. The Labute approximate surface area is 235 Å². The molecular formula is C28H40N6O5S. The highest BCUT2D eigenvalue weighted by Gasteiger charge is 2.38. The molecule has 1 aromatic carbocycles. The fourth-order valence-corrected chi connectivity index (χ4v) is 5.98. The van der Waals surface area contributed by atoms with E-state index in [0.717, 1.165) is 29.5 Å². The molecule has 0 radical (unpaired) electrons. The van der Waals surface area contributed by atoms with Gasteiger partial charge in [-0.1, -0.05) is 19.9 Å². The van der Waals surface area contributed by atoms with Crippen LogP contribution in [0.3, 0.4) is 0 Å². The molecule has 0 spiro atoms. The topological polar surface area (TPSA) is 142 Å². The Kier molecular flexibility index (Phi) is 8.91. The second kappa shape index (κ2) is 12.0. The predicted octanol–water partition coefficient (Wildman–Crippen LogP) is 3.01. The van der Waals surface area contributed by atoms with Crippen molar-refractivity contribution in [2.75, 3.05) is 26.1 Å². The van der Waals surface area contributed by atoms with Crippen molar-refractivity contribution in [1.29, 1.82) is 0 Å². The summed E-state index contributed by atoms with van der Waals surface area (Å²) in [6.45, 7) is 4.93. The Morgan fingerprint density at radius 1 is 1.10 bits per heavy atom. The highest BCUT2D eigenvalue weighted by atomic mass is 32.2. The number of benzene rings is 1. The highest BCUT2D eigenvalue weighted by molar-refractivity contribution is 7.87. The predicted molar refractivity (Wildman–Crippen MR) is 156 cm³/mol. The van der Waals surface area contributed by atoms with Crippen molar-refractivity contribution in [3.8, 4) is 22.6 Å². The fraction of sp³-hybridized carbons (Fsp3) is 0.500. The number of nitrogens with zero attached hydrogens (tertiary/aromatic N) is 3. The molecule has 11 nitrogen and oxygen atoms in total. The summed E-state index contributed by atoms with van der Waals surface area (Å²) >= 11 is 0. The Balaban J connectivity index is 1.61. The molecule has 2 heterocycles. The van der Waals surface area contributed by atoms with Crippen molar-refractivity contribution < 1.29 is 17.9 Å². The number of hydrogen-bond acceptors (Lipinski definition) is 7. The van der Waals surface area contributed by atoms with Crippen molar-refractivity contribution in [1.82, 2.24) is 19.1 Å². The quantitative estimate of drug-likeness (QED) is 0.321. The maximum Gasteiger partial charge on any atom is 0.274 e. The fourth-order valence-electron chi connectivity index (χ4n) is 5.50. The van der Waals surface area contributed by atoms with Gasteiger partial charge in [0.25, 0.3) is 15.8 Å². The van der Waals surface area contributed by atoms with E-state index >= 15 is 0 Å². The van der Waals surface area contributed by atoms with E-state index in [-0.39, 0.29) is 18.1 Å². The van der Waals surface area contributed by atoms with Gasteiger partial charge in [-0.05, 0) is 55.4 Å². The van der Waals surface area contributed by atoms with E-state index in [2.05, 4.69) is 29.0 Å². The van der Waals surface area contributed by atoms with Crippen LogP contribution in [0.1, 0.15) is 45.1 Å². The molecule has 0 unspecified atom stereocenters. The molecule has 0 aliphatic heterocycles. The van der Waals surface area contributed by atoms with Gasteiger partial charge >= 0.3 is 0 Å². The van der Waals surface area contributed by atoms with Gasteiger partial charge in [-0.3, -0.25) is 9.48 Å². The maximum absolute atomic E-state index is 13.4. The standard InChI is InChI=1S/C28H40N6O5S/c1-19(2)15-34-17-20(21-14-30-33(3)16-21)12-24(27(34)35)32-23-8-10-28(11-9-23,18-31-40(29,36)37)22-6-7-25(38-4)26(13-22)39-5/h6-7,12-14,16-17,19,23,31-32H,8-11,15,18H2,1-5H3,(H2,29,36,37)/t23-,28-. The molecule has 0 bridgehead atoms. The average molecular weight is 573 g/mol. The van der Waals surface area contributed by atoms with Gasteiger partial charge in [0.15, 0.2) is 11.5 Å². The smallest absolute Gasteiger partial charge is 0.274 e. The number of nitrogens with two attached hydrogens (primary N) is 1. The van der Waals surface area contributed by atoms with Gasteiger partial charge in [0.1, 0.15) is 5.69 Å². The Morgan fingerprint density at radius 3 is 2.38 bits per heavy atom. The van der Waals surface area contributed by atoms with E-state index < -0.39 is 15.6 Å². The molecule has 40 heavy (non-hydrogen) atoms. The van der Waals surface area contributed by atoms with Crippen LogP contribution in [0.25, 0.3) is 11.1 Å². The number of methoxy groups -OCH3 is 2. The average Bonchev–Trinajstić information content (AvgIpc) is 3.35. The van der Waals surface area contributed by atoms with Gasteiger partial charge in [0.2, 0.25) is 0 Å². The number of ether oxygens (including phenoxy) is 2. The highest BCUT2D eigenvalue weighted by Crippen LogP contribution is 2.42. The molecule has 0 atom stereocenters. The monoisotopic (exact) mass is 572 g/mol. The summed E-state index contributed by atoms with van der Waals surface area (Å²) in [5, 5.41) is 13.1. The first kappa shape index (κ1) is 29.6. The molecule has 12 heteroatoms. The molecule has 218 valence electrons. The van der Waals surface area contributed by atoms with E-state index in [1.165, 1.54) is 0 Å². The van der Waals surface area contributed by atoms with Crippen LogP contribution in [-0.4, -0.2) is 49.6 Å². The van der Waals surface area contributed by atoms with Crippen LogP contribution >= 0.6 is 0 Å². The Morgan fingerprint density at radius 2 is 1.80 bits per heavy atom. The summed E-state index contributed by atoms with van der Waals surface area (Å²) in [6.07, 6.45) is 8.41. The number of nitrogens with one attached hydrogen (secondary N) is 2. The van der Waals surface area contributed by atoms with E-state index in [0.29, 0.717) is 42.5 Å². The minimum Gasteiger partial charge on any atom is -0.493 e. The normalized spacial score (nSPS) is 19.5. The van der Waals surface area contributed by atoms with Crippen molar-refractivity contribution in [2.45, 2.75) is 57.5 Å². The van der Waals surface area contributed by atoms with Crippen LogP contribution in [0, 0.1) is 5.92 Å². The van der Waals surface area contributed by atoms with Crippen molar-refractivity contribution in [3.05, 3.63) is 58.8 Å². The Bertz CT molecular complexity index is 1490. The van der Waals surface area contributed by atoms with Gasteiger partial charge < -0.3 is 19.4 Å². The van der Waals surface area contributed by atoms with Gasteiger partial charge in [0, 0.05) is 55.1 Å². The molecular weight excluding hydrogens is 532 g/mol. The first-order valence-electron chi connectivity index (χ1n) is 13.4. The lowest BCUT2D eigenvalue weighted by molar-refractivity contribution is 0.276. The lowest BCUT2D eigenvalue weighted by Crippen LogP contribution is -2.47. The molecule has 0 saturated heterocycles. The zero-order chi connectivity index (χ0) is 29.1. The summed E-state index contributed by atoms with van der Waals surface area (Å²) in [4.78, 5) is 13.4. The summed E-state index contributed by atoms with van der Waals surface area (Å²) in [5.41, 5.74) is 2.79. The first-order chi connectivity index (χ1) is 18.9. The second-order valence-corrected chi connectivity index (χ2v) is 12.4. The number of aromatic nitrogens is 3. The van der Waals surface area contributed by atoms with Crippen LogP contribution in [0.4, 0.5) is 5.69 Å². The molecule has 1 aliphatic carbocycles. The molecule has 4 rings (SSSR count). The van der Waals surface area contributed by atoms with Crippen LogP contribution in [0.15, 0.2) is 47.7 Å². The zero-order valence-electron chi connectivity index (χ0n) is 23.8. The van der Waals surface area contributed by atoms with Crippen LogP contribution in [0.5, 0.6) is 11.5 Å². The minimum atomic E-state index is -3.88. The third kappa shape index (κ3) is 6.86. The van der Waals surface area contributed by atoms with Crippen LogP contribution in [0.2, 0.25) is 0 Å². The molecule has 1 saturated carbocycles. The lowest BCUT2D eigenvalue weighted by atomic mass is 9.68. The maximum atomic E-state index is 13.4. The molecule has 3 aromatic rings. The third-order valence-corrected chi connectivity index (χ3v) is 8.14. The summed E-state index contributed by atoms with van der Waals surface area (Å²) in [5.74, 6) is 1.48. The number of pyridine rings is 1. The first-order valence-corrected chi connectivity index (χ1v) is 15.0. The Hall–Kier alpha value is -3.35. The molecule has 2 aromatic heterocycles. The van der Waals surface area contributed by atoms with Gasteiger partial charge in [0.05, 0.1) is 20.4 Å². The van der Waals surface area contributed by atoms with E-state index in [4.69, 9.17) is 14.6 Å². The minimum absolute atomic E-state index is 0.0344. The zero-order valence-corrected chi connectivity index (χ0v) is 24.6. The summed E-state index contributed by atoms with van der Waals surface area (Å²) in [7, 11) is 1.13. The van der Waals surface area contributed by atoms with Crippen LogP contribution in [-0.2, 0) is 29.2 Å². The lowest BCUT2D eigenvalue weighted by Gasteiger charge is -2.41. The molecule has 0 amide bonds. The SMILES string of the molecule is COc1ccc([C@]2(CNS(N)(=O)=O)CC[C@@H](Nc3cc(-c4cnn(C)c4)cn(CC(C)C)c3=O)CC2)cc1OC. The van der Waals surface area contributed by atoms with Gasteiger partial charge in [-0.15, -0.1) is 0 Å². The van der Waals surface area contributed by atoms with E-state index in [1.807, 2.05) is 43.7 Å². The van der Waals surface area contributed by atoms with Crippen LogP contribution < -0.4 is 30.2 Å². The number of aryl methyl sites for hydroxylation is 1. The molecule has 1 aliphatic rings. The van der Waals surface area contributed by atoms with Gasteiger partial charge in [-0.2, -0.15) is 13.5 Å².